The predicted octanol–water partition coefficient (Wildman–Crippen LogP) is 2.15. The maximum atomic E-state index is 6.62. The number of allylic oxidation sites excluding steroid dienone is 1. The fraction of sp³-hybridized carbons (Fsp3) is 0.621. The molecule has 0 aromatic heterocycles. The van der Waals surface area contributed by atoms with Crippen LogP contribution in [0.3, 0.4) is 0 Å². The van der Waals surface area contributed by atoms with E-state index in [1.165, 1.54) is 22.4 Å². The molecule has 4 unspecified atom stereocenters. The molecule has 6 N–H and O–H groups in total. The molecule has 1 aromatic rings. The van der Waals surface area contributed by atoms with Crippen molar-refractivity contribution in [3.05, 3.63) is 58.4 Å². The number of hydrazine groups is 2. The number of likely N-dealkylation sites (N-methyl/N-ethyl adjacent to an activating group) is 2. The van der Waals surface area contributed by atoms with E-state index in [0.717, 1.165) is 38.2 Å². The molecule has 2 aliphatic heterocycles. The van der Waals surface area contributed by atoms with Gasteiger partial charge in [-0.05, 0) is 65.6 Å². The minimum Gasteiger partial charge on any atom is -0.375 e. The smallest absolute Gasteiger partial charge is 0.0845 e. The maximum Gasteiger partial charge on any atom is 0.0845 e. The van der Waals surface area contributed by atoms with Crippen molar-refractivity contribution in [2.45, 2.75) is 77.9 Å². The number of rotatable bonds is 13. The van der Waals surface area contributed by atoms with Crippen LogP contribution in [0.25, 0.3) is 0 Å². The molecule has 0 bridgehead atoms. The van der Waals surface area contributed by atoms with Crippen molar-refractivity contribution >= 4 is 6.21 Å². The summed E-state index contributed by atoms with van der Waals surface area (Å²) < 4.78 is 6.03. The molecule has 38 heavy (non-hydrogen) atoms. The van der Waals surface area contributed by atoms with Gasteiger partial charge in [-0.15, -0.1) is 0 Å². The summed E-state index contributed by atoms with van der Waals surface area (Å²) in [5.74, 6) is 5.26. The summed E-state index contributed by atoms with van der Waals surface area (Å²) in [5, 5.41) is 0. The van der Waals surface area contributed by atoms with E-state index in [-0.39, 0.29) is 18.3 Å². The molecular weight excluding hydrogens is 476 g/mol. The third-order valence-corrected chi connectivity index (χ3v) is 8.23. The van der Waals surface area contributed by atoms with E-state index in [1.54, 1.807) is 0 Å². The van der Waals surface area contributed by atoms with Gasteiger partial charge in [-0.1, -0.05) is 30.3 Å². The number of ether oxygens (including phenoxy) is 1. The minimum absolute atomic E-state index is 0.0776. The zero-order valence-electron chi connectivity index (χ0n) is 24.4. The van der Waals surface area contributed by atoms with Crippen molar-refractivity contribution in [3.8, 4) is 0 Å². The van der Waals surface area contributed by atoms with Crippen molar-refractivity contribution in [1.82, 2.24) is 25.7 Å². The number of nitrogens with two attached hydrogens (primary N) is 2. The molecule has 9 heteroatoms. The van der Waals surface area contributed by atoms with Gasteiger partial charge in [-0.25, -0.2) is 0 Å². The quantitative estimate of drug-likeness (QED) is 0.176. The van der Waals surface area contributed by atoms with Crippen molar-refractivity contribution in [2.75, 3.05) is 40.3 Å². The van der Waals surface area contributed by atoms with Gasteiger partial charge in [-0.2, -0.15) is 5.53 Å². The Labute approximate surface area is 229 Å². The van der Waals surface area contributed by atoms with Crippen molar-refractivity contribution in [1.29, 1.82) is 0 Å². The molecule has 1 aromatic carbocycles. The van der Waals surface area contributed by atoms with Gasteiger partial charge in [0.05, 0.1) is 24.9 Å². The van der Waals surface area contributed by atoms with Gasteiger partial charge in [0.2, 0.25) is 0 Å². The van der Waals surface area contributed by atoms with Crippen LogP contribution >= 0.6 is 0 Å². The van der Waals surface area contributed by atoms with Gasteiger partial charge in [0.15, 0.2) is 0 Å². The van der Waals surface area contributed by atoms with Crippen LogP contribution in [0.2, 0.25) is 0 Å². The van der Waals surface area contributed by atoms with Crippen LogP contribution in [0, 0.1) is 6.92 Å². The van der Waals surface area contributed by atoms with Gasteiger partial charge < -0.3 is 20.8 Å². The molecule has 5 atom stereocenters. The molecule has 0 spiro atoms. The summed E-state index contributed by atoms with van der Waals surface area (Å²) in [7, 11) is 4.42. The Balaban J connectivity index is 1.53. The zero-order chi connectivity index (χ0) is 27.8. The van der Waals surface area contributed by atoms with E-state index in [4.69, 9.17) is 21.3 Å². The monoisotopic (exact) mass is 526 g/mol. The van der Waals surface area contributed by atoms with E-state index in [0.29, 0.717) is 18.7 Å². The SMILES string of the molecule is C/C(=C\CCOC(C)C(N)N1CC2=C(C1)N(C)CC([C@@H](C)N(C)C(C)Cc1ccccc1C)N=C2)NNN. The van der Waals surface area contributed by atoms with Crippen LogP contribution < -0.4 is 22.5 Å². The number of nitrogens with zero attached hydrogens (tertiary/aromatic N) is 4. The first kappa shape index (κ1) is 30.3. The van der Waals surface area contributed by atoms with Gasteiger partial charge in [0.25, 0.3) is 0 Å². The van der Waals surface area contributed by atoms with Crippen LogP contribution in [-0.2, 0) is 11.2 Å². The van der Waals surface area contributed by atoms with Gasteiger partial charge >= 0.3 is 0 Å². The lowest BCUT2D eigenvalue weighted by Gasteiger charge is -2.36. The van der Waals surface area contributed by atoms with Gasteiger partial charge in [-0.3, -0.25) is 20.6 Å². The molecule has 0 radical (unpaired) electrons. The van der Waals surface area contributed by atoms with Crippen LogP contribution in [-0.4, -0.2) is 91.6 Å². The first-order chi connectivity index (χ1) is 18.1. The first-order valence-corrected chi connectivity index (χ1v) is 13.8. The minimum atomic E-state index is -0.180. The highest BCUT2D eigenvalue weighted by Crippen LogP contribution is 2.26. The lowest BCUT2D eigenvalue weighted by Crippen LogP contribution is -2.50. The molecule has 9 nitrogen and oxygen atoms in total. The second-order valence-corrected chi connectivity index (χ2v) is 11.0. The largest absolute Gasteiger partial charge is 0.375 e. The molecule has 0 saturated carbocycles. The third-order valence-electron chi connectivity index (χ3n) is 8.23. The number of aliphatic imine (C=N–C) groups is 1. The Morgan fingerprint density at radius 2 is 2.00 bits per heavy atom. The Kier molecular flexibility index (Phi) is 11.3. The van der Waals surface area contributed by atoms with Crippen molar-refractivity contribution in [2.24, 2.45) is 16.6 Å². The summed E-state index contributed by atoms with van der Waals surface area (Å²) in [6, 6.07) is 9.65. The third kappa shape index (κ3) is 7.88. The normalized spacial score (nSPS) is 21.9. The molecule has 3 rings (SSSR count). The number of aryl methyl sites for hydroxylation is 1. The molecule has 2 heterocycles. The molecule has 0 saturated heterocycles. The van der Waals surface area contributed by atoms with Crippen LogP contribution in [0.5, 0.6) is 0 Å². The molecule has 0 aliphatic carbocycles. The lowest BCUT2D eigenvalue weighted by molar-refractivity contribution is 0.00699. The standard InChI is InChI=1S/C29H50N8O/c1-20-11-8-9-13-25(20)15-22(3)36(7)23(4)27-18-35(6)28-19-37(17-26(28)16-32-27)29(30)24(5)38-14-10-12-21(2)33-34-31/h8-9,11-13,16,22-24,27,29,33-34H,10,14-15,17-19,30-31H2,1-7H3/b21-12+/t22?,23-,24?,27?,29?/m1/s1. The molecule has 0 amide bonds. The molecule has 2 aliphatic rings. The van der Waals surface area contributed by atoms with Crippen LogP contribution in [0.4, 0.5) is 0 Å². The van der Waals surface area contributed by atoms with Crippen LogP contribution in [0.15, 0.2) is 52.3 Å². The summed E-state index contributed by atoms with van der Waals surface area (Å²) in [6.45, 7) is 13.9. The predicted molar refractivity (Wildman–Crippen MR) is 157 cm³/mol. The fourth-order valence-electron chi connectivity index (χ4n) is 5.32. The summed E-state index contributed by atoms with van der Waals surface area (Å²) in [5.41, 5.74) is 18.2. The average molecular weight is 527 g/mol. The highest BCUT2D eigenvalue weighted by molar-refractivity contribution is 5.81. The van der Waals surface area contributed by atoms with Gasteiger partial charge in [0.1, 0.15) is 0 Å². The number of nitrogens with one attached hydrogen (secondary N) is 2. The summed E-state index contributed by atoms with van der Waals surface area (Å²) >= 11 is 0. The highest BCUT2D eigenvalue weighted by Gasteiger charge is 2.34. The Morgan fingerprint density at radius 3 is 2.71 bits per heavy atom. The Hall–Kier alpha value is -2.27. The van der Waals surface area contributed by atoms with E-state index < -0.39 is 0 Å². The first-order valence-electron chi connectivity index (χ1n) is 13.8. The molecule has 212 valence electrons. The Bertz CT molecular complexity index is 993. The second-order valence-electron chi connectivity index (χ2n) is 11.0. The maximum absolute atomic E-state index is 6.62. The second kappa shape index (κ2) is 14.2. The van der Waals surface area contributed by atoms with Crippen molar-refractivity contribution < 1.29 is 4.74 Å². The Morgan fingerprint density at radius 1 is 1.26 bits per heavy atom. The fourth-order valence-corrected chi connectivity index (χ4v) is 5.32. The summed E-state index contributed by atoms with van der Waals surface area (Å²) in [6.07, 6.45) is 5.72. The van der Waals surface area contributed by atoms with Gasteiger partial charge in [0, 0.05) is 61.9 Å². The zero-order valence-corrected chi connectivity index (χ0v) is 24.4. The number of hydrogen-bond donors (Lipinski definition) is 4. The van der Waals surface area contributed by atoms with E-state index in [9.17, 15) is 0 Å². The molecular formula is C29H50N8O. The summed E-state index contributed by atoms with van der Waals surface area (Å²) in [4.78, 5) is 12.2. The van der Waals surface area contributed by atoms with Crippen molar-refractivity contribution in [3.63, 3.8) is 0 Å². The highest BCUT2D eigenvalue weighted by atomic mass is 16.5. The lowest BCUT2D eigenvalue weighted by atomic mass is 9.99. The van der Waals surface area contributed by atoms with E-state index in [2.05, 4.69) is 91.0 Å². The topological polar surface area (TPSA) is 107 Å². The average Bonchev–Trinajstić information content (AvgIpc) is 3.26. The van der Waals surface area contributed by atoms with E-state index >= 15 is 0 Å². The molecule has 0 fully saturated rings. The van der Waals surface area contributed by atoms with E-state index in [1.807, 2.05) is 19.9 Å². The number of benzene rings is 1. The van der Waals surface area contributed by atoms with Crippen LogP contribution in [0.1, 0.15) is 45.2 Å². The number of hydrogen-bond acceptors (Lipinski definition) is 9.